The number of carbonyl (C=O) groups is 3. The Morgan fingerprint density at radius 1 is 0.938 bits per heavy atom. The van der Waals surface area contributed by atoms with Crippen LogP contribution >= 0.6 is 11.8 Å². The number of rotatable bonds is 9. The maximum Gasteiger partial charge on any atom is 0.326 e. The van der Waals surface area contributed by atoms with E-state index in [4.69, 9.17) is 0 Å². The van der Waals surface area contributed by atoms with E-state index in [2.05, 4.69) is 4.98 Å². The van der Waals surface area contributed by atoms with Crippen molar-refractivity contribution >= 4 is 34.6 Å². The summed E-state index contributed by atoms with van der Waals surface area (Å²) in [5.74, 6) is -1.63. The maximum absolute atomic E-state index is 13.6. The molecule has 0 saturated carbocycles. The lowest BCUT2D eigenvalue weighted by atomic mass is 9.99. The van der Waals surface area contributed by atoms with Crippen LogP contribution in [0, 0.1) is 5.92 Å². The van der Waals surface area contributed by atoms with Crippen molar-refractivity contribution in [2.75, 3.05) is 10.7 Å². The summed E-state index contributed by atoms with van der Waals surface area (Å²) >= 11 is 1.06. The summed E-state index contributed by atoms with van der Waals surface area (Å²) in [7, 11) is 0. The lowest BCUT2D eigenvalue weighted by Gasteiger charge is -2.29. The average molecular weight is 449 g/mol. The minimum atomic E-state index is -1.13. The van der Waals surface area contributed by atoms with Crippen LogP contribution in [0.2, 0.25) is 0 Å². The fourth-order valence-corrected chi connectivity index (χ4v) is 4.17. The van der Waals surface area contributed by atoms with Gasteiger partial charge < -0.3 is 5.11 Å². The molecule has 0 saturated heterocycles. The summed E-state index contributed by atoms with van der Waals surface area (Å²) in [4.78, 5) is 43.5. The summed E-state index contributed by atoms with van der Waals surface area (Å²) in [5, 5.41) is 9.49. The van der Waals surface area contributed by atoms with Crippen molar-refractivity contribution in [2.24, 2.45) is 5.92 Å². The van der Waals surface area contributed by atoms with E-state index < -0.39 is 17.9 Å². The number of thioether (sulfide) groups is 1. The first-order chi connectivity index (χ1) is 15.5. The summed E-state index contributed by atoms with van der Waals surface area (Å²) < 4.78 is 0. The van der Waals surface area contributed by atoms with Crippen molar-refractivity contribution in [1.82, 2.24) is 4.98 Å². The van der Waals surface area contributed by atoms with Gasteiger partial charge in [0.25, 0.3) is 0 Å². The molecule has 3 rings (SSSR count). The molecule has 1 heterocycles. The second-order valence-electron chi connectivity index (χ2n) is 7.26. The molecule has 0 aliphatic heterocycles. The van der Waals surface area contributed by atoms with Gasteiger partial charge in [-0.1, -0.05) is 78.5 Å². The third-order valence-electron chi connectivity index (χ3n) is 4.98. The molecule has 2 aromatic carbocycles. The van der Waals surface area contributed by atoms with Crippen LogP contribution in [0.25, 0.3) is 0 Å². The molecule has 164 valence electrons. The van der Waals surface area contributed by atoms with Crippen LogP contribution in [-0.2, 0) is 16.0 Å². The molecule has 0 aliphatic carbocycles. The minimum absolute atomic E-state index is 0.132. The molecule has 1 aromatic heterocycles. The second-order valence-corrected chi connectivity index (χ2v) is 8.25. The second kappa shape index (κ2) is 11.2. The third-order valence-corrected chi connectivity index (χ3v) is 6.04. The number of pyridine rings is 1. The molecule has 7 heteroatoms. The number of carboxylic acid groups (broad SMARTS) is 1. The highest BCUT2D eigenvalue weighted by Crippen LogP contribution is 2.24. The van der Waals surface area contributed by atoms with Crippen LogP contribution in [0.1, 0.15) is 22.8 Å². The standard InChI is InChI=1S/C25H24N2O4S/c1-18(24(29)30)27(22-14-8-9-15-26-22)23(28)21(16-19-10-4-2-5-11-19)17-32-25(31)20-12-6-3-7-13-20/h2-15,18,21H,16-17H2,1H3,(H,29,30)/t18-,21?/m0/s1. The summed E-state index contributed by atoms with van der Waals surface area (Å²) in [6.45, 7) is 1.46. The van der Waals surface area contributed by atoms with Gasteiger partial charge in [-0.25, -0.2) is 9.78 Å². The first kappa shape index (κ1) is 23.2. The largest absolute Gasteiger partial charge is 0.480 e. The van der Waals surface area contributed by atoms with Crippen molar-refractivity contribution < 1.29 is 19.5 Å². The van der Waals surface area contributed by atoms with Crippen LogP contribution in [0.15, 0.2) is 85.1 Å². The molecule has 0 bridgehead atoms. The van der Waals surface area contributed by atoms with Crippen molar-refractivity contribution in [3.05, 3.63) is 96.2 Å². The fraction of sp³-hybridized carbons (Fsp3) is 0.200. The van der Waals surface area contributed by atoms with E-state index in [9.17, 15) is 19.5 Å². The smallest absolute Gasteiger partial charge is 0.326 e. The van der Waals surface area contributed by atoms with E-state index in [1.807, 2.05) is 36.4 Å². The van der Waals surface area contributed by atoms with Crippen LogP contribution < -0.4 is 4.90 Å². The van der Waals surface area contributed by atoms with E-state index >= 15 is 0 Å². The molecule has 6 nitrogen and oxygen atoms in total. The van der Waals surface area contributed by atoms with Gasteiger partial charge in [0.05, 0.1) is 5.92 Å². The van der Waals surface area contributed by atoms with E-state index in [1.165, 1.54) is 18.0 Å². The normalized spacial score (nSPS) is 12.5. The Hall–Kier alpha value is -3.45. The number of hydrogen-bond acceptors (Lipinski definition) is 5. The maximum atomic E-state index is 13.6. The Balaban J connectivity index is 1.88. The molecule has 3 aromatic rings. The van der Waals surface area contributed by atoms with E-state index in [0.717, 1.165) is 17.3 Å². The molecular weight excluding hydrogens is 424 g/mol. The molecule has 1 amide bonds. The van der Waals surface area contributed by atoms with Crippen molar-refractivity contribution in [3.8, 4) is 0 Å². The number of carboxylic acids is 1. The molecule has 1 N–H and O–H groups in total. The minimum Gasteiger partial charge on any atom is -0.480 e. The van der Waals surface area contributed by atoms with Crippen molar-refractivity contribution in [3.63, 3.8) is 0 Å². The molecule has 0 spiro atoms. The number of benzene rings is 2. The molecule has 0 aliphatic rings. The predicted octanol–water partition coefficient (Wildman–Crippen LogP) is 4.32. The number of aromatic nitrogens is 1. The van der Waals surface area contributed by atoms with Gasteiger partial charge in [-0.2, -0.15) is 0 Å². The van der Waals surface area contributed by atoms with Crippen molar-refractivity contribution in [1.29, 1.82) is 0 Å². The molecule has 0 fully saturated rings. The topological polar surface area (TPSA) is 87.6 Å². The van der Waals surface area contributed by atoms with Gasteiger partial charge in [0.1, 0.15) is 11.9 Å². The zero-order valence-electron chi connectivity index (χ0n) is 17.6. The van der Waals surface area contributed by atoms with E-state index in [-0.39, 0.29) is 22.6 Å². The highest BCUT2D eigenvalue weighted by atomic mass is 32.2. The van der Waals surface area contributed by atoms with E-state index in [1.54, 1.807) is 42.5 Å². The Labute approximate surface area is 191 Å². The Morgan fingerprint density at radius 3 is 2.16 bits per heavy atom. The predicted molar refractivity (Wildman–Crippen MR) is 126 cm³/mol. The zero-order valence-corrected chi connectivity index (χ0v) is 18.4. The van der Waals surface area contributed by atoms with Gasteiger partial charge in [-0.3, -0.25) is 14.5 Å². The van der Waals surface area contributed by atoms with Crippen LogP contribution in [0.3, 0.4) is 0 Å². The van der Waals surface area contributed by atoms with Gasteiger partial charge in [-0.05, 0) is 31.0 Å². The number of nitrogens with zero attached hydrogens (tertiary/aromatic N) is 2. The highest BCUT2D eigenvalue weighted by molar-refractivity contribution is 8.14. The Morgan fingerprint density at radius 2 is 1.56 bits per heavy atom. The van der Waals surface area contributed by atoms with Crippen LogP contribution in [-0.4, -0.2) is 38.9 Å². The first-order valence-corrected chi connectivity index (χ1v) is 11.2. The Bertz CT molecular complexity index is 1050. The number of amides is 1. The highest BCUT2D eigenvalue weighted by Gasteiger charge is 2.33. The molecule has 32 heavy (non-hydrogen) atoms. The van der Waals surface area contributed by atoms with Crippen LogP contribution in [0.5, 0.6) is 0 Å². The van der Waals surface area contributed by atoms with Gasteiger partial charge in [-0.15, -0.1) is 0 Å². The number of carbonyl (C=O) groups excluding carboxylic acids is 2. The number of anilines is 1. The lowest BCUT2D eigenvalue weighted by molar-refractivity contribution is -0.140. The average Bonchev–Trinajstić information content (AvgIpc) is 2.83. The van der Waals surface area contributed by atoms with Crippen molar-refractivity contribution in [2.45, 2.75) is 19.4 Å². The Kier molecular flexibility index (Phi) is 8.16. The monoisotopic (exact) mass is 448 g/mol. The van der Waals surface area contributed by atoms with Gasteiger partial charge in [0.15, 0.2) is 0 Å². The summed E-state index contributed by atoms with van der Waals surface area (Å²) in [6, 6.07) is 22.3. The number of aliphatic carboxylic acids is 1. The SMILES string of the molecule is C[C@@H](C(=O)O)N(C(=O)C(CSC(=O)c1ccccc1)Cc1ccccc1)c1ccccn1. The zero-order chi connectivity index (χ0) is 22.9. The molecule has 2 atom stereocenters. The fourth-order valence-electron chi connectivity index (χ4n) is 3.26. The first-order valence-electron chi connectivity index (χ1n) is 10.2. The molecule has 1 unspecified atom stereocenters. The molecule has 0 radical (unpaired) electrons. The summed E-state index contributed by atoms with van der Waals surface area (Å²) in [6.07, 6.45) is 1.90. The third kappa shape index (κ3) is 6.04. The summed E-state index contributed by atoms with van der Waals surface area (Å²) in [5.41, 5.74) is 1.49. The van der Waals surface area contributed by atoms with Crippen LogP contribution in [0.4, 0.5) is 5.82 Å². The number of hydrogen-bond donors (Lipinski definition) is 1. The molecular formula is C25H24N2O4S. The van der Waals surface area contributed by atoms with E-state index in [0.29, 0.717) is 12.0 Å². The van der Waals surface area contributed by atoms with Gasteiger partial charge >= 0.3 is 5.97 Å². The lowest BCUT2D eigenvalue weighted by Crippen LogP contribution is -2.47. The quantitative estimate of drug-likeness (QED) is 0.525. The van der Waals surface area contributed by atoms with Gasteiger partial charge in [0.2, 0.25) is 11.0 Å². The van der Waals surface area contributed by atoms with Gasteiger partial charge in [0, 0.05) is 17.5 Å².